The summed E-state index contributed by atoms with van der Waals surface area (Å²) < 4.78 is 15.8. The Morgan fingerprint density at radius 3 is 2.28 bits per heavy atom. The summed E-state index contributed by atoms with van der Waals surface area (Å²) in [6.07, 6.45) is 6.82. The smallest absolute Gasteiger partial charge is 0.204 e. The van der Waals surface area contributed by atoms with Crippen molar-refractivity contribution in [3.8, 4) is 29.6 Å². The Bertz CT molecular complexity index is 446. The molecular formula is C14H18O4. The summed E-state index contributed by atoms with van der Waals surface area (Å²) in [5.41, 5.74) is 1.55. The number of aryl methyl sites for hydroxylation is 1. The first-order chi connectivity index (χ1) is 8.73. The molecule has 0 fully saturated rings. The van der Waals surface area contributed by atoms with Crippen molar-refractivity contribution < 1.29 is 19.3 Å². The van der Waals surface area contributed by atoms with Crippen LogP contribution in [0, 0.1) is 12.3 Å². The summed E-state index contributed by atoms with van der Waals surface area (Å²) in [5.74, 6) is 4.16. The summed E-state index contributed by atoms with van der Waals surface area (Å²) >= 11 is 0. The summed E-state index contributed by atoms with van der Waals surface area (Å²) in [6, 6.07) is 1.83. The quantitative estimate of drug-likeness (QED) is 0.779. The van der Waals surface area contributed by atoms with Crippen molar-refractivity contribution in [2.75, 3.05) is 27.9 Å². The molecule has 0 aliphatic heterocycles. The average molecular weight is 250 g/mol. The molecule has 0 aliphatic rings. The second kappa shape index (κ2) is 6.77. The van der Waals surface area contributed by atoms with E-state index in [1.165, 1.54) is 14.2 Å². The maximum absolute atomic E-state index is 8.91. The minimum absolute atomic E-state index is 0.112. The highest BCUT2D eigenvalue weighted by atomic mass is 16.5. The number of ether oxygens (including phenoxy) is 3. The molecule has 4 nitrogen and oxygen atoms in total. The van der Waals surface area contributed by atoms with E-state index in [0.29, 0.717) is 35.7 Å². The average Bonchev–Trinajstić information content (AvgIpc) is 2.42. The van der Waals surface area contributed by atoms with Gasteiger partial charge in [0.1, 0.15) is 0 Å². The van der Waals surface area contributed by atoms with Gasteiger partial charge in [-0.15, -0.1) is 6.42 Å². The van der Waals surface area contributed by atoms with Gasteiger partial charge in [-0.2, -0.15) is 0 Å². The first-order valence-electron chi connectivity index (χ1n) is 5.62. The van der Waals surface area contributed by atoms with Gasteiger partial charge in [0.2, 0.25) is 5.75 Å². The van der Waals surface area contributed by atoms with Crippen LogP contribution in [-0.2, 0) is 6.42 Å². The van der Waals surface area contributed by atoms with Gasteiger partial charge in [0.25, 0.3) is 0 Å². The predicted molar refractivity (Wildman–Crippen MR) is 69.4 cm³/mol. The number of benzene rings is 1. The zero-order chi connectivity index (χ0) is 13.5. The lowest BCUT2D eigenvalue weighted by molar-refractivity contribution is 0.288. The van der Waals surface area contributed by atoms with Crippen LogP contribution in [0.5, 0.6) is 17.2 Å². The molecule has 0 aromatic heterocycles. The topological polar surface area (TPSA) is 47.9 Å². The molecule has 0 heterocycles. The molecule has 1 N–H and O–H groups in total. The fourth-order valence-electron chi connectivity index (χ4n) is 1.83. The van der Waals surface area contributed by atoms with E-state index >= 15 is 0 Å². The first-order valence-corrected chi connectivity index (χ1v) is 5.62. The molecule has 1 aromatic carbocycles. The van der Waals surface area contributed by atoms with Crippen LogP contribution < -0.4 is 14.2 Å². The van der Waals surface area contributed by atoms with Gasteiger partial charge in [-0.1, -0.05) is 5.92 Å². The van der Waals surface area contributed by atoms with Crippen LogP contribution in [0.15, 0.2) is 6.07 Å². The van der Waals surface area contributed by atoms with Crippen LogP contribution in [0.2, 0.25) is 0 Å². The zero-order valence-corrected chi connectivity index (χ0v) is 10.9. The van der Waals surface area contributed by atoms with Gasteiger partial charge in [-0.05, 0) is 24.5 Å². The van der Waals surface area contributed by atoms with E-state index in [4.69, 9.17) is 25.7 Å². The highest BCUT2D eigenvalue weighted by Gasteiger charge is 2.19. The second-order valence-electron chi connectivity index (χ2n) is 3.65. The van der Waals surface area contributed by atoms with Gasteiger partial charge < -0.3 is 19.3 Å². The van der Waals surface area contributed by atoms with E-state index in [0.717, 1.165) is 5.56 Å². The van der Waals surface area contributed by atoms with Crippen LogP contribution in [0.4, 0.5) is 0 Å². The van der Waals surface area contributed by atoms with E-state index in [1.54, 1.807) is 7.11 Å². The highest BCUT2D eigenvalue weighted by molar-refractivity contribution is 5.64. The molecule has 1 rings (SSSR count). The molecule has 4 heteroatoms. The van der Waals surface area contributed by atoms with Gasteiger partial charge >= 0.3 is 0 Å². The molecule has 0 amide bonds. The molecule has 0 aliphatic carbocycles. The Labute approximate surface area is 107 Å². The largest absolute Gasteiger partial charge is 0.493 e. The molecule has 0 saturated carbocycles. The Morgan fingerprint density at radius 2 is 1.83 bits per heavy atom. The number of hydrogen-bond donors (Lipinski definition) is 1. The fraction of sp³-hybridized carbons (Fsp3) is 0.429. The number of terminal acetylenes is 1. The predicted octanol–water partition coefficient (Wildman–Crippen LogP) is 1.62. The van der Waals surface area contributed by atoms with Crippen molar-refractivity contribution in [1.82, 2.24) is 0 Å². The Kier molecular flexibility index (Phi) is 5.34. The third-order valence-electron chi connectivity index (χ3n) is 2.66. The molecule has 18 heavy (non-hydrogen) atoms. The normalized spacial score (nSPS) is 9.72. The van der Waals surface area contributed by atoms with E-state index in [-0.39, 0.29) is 6.61 Å². The van der Waals surface area contributed by atoms with Crippen molar-refractivity contribution in [1.29, 1.82) is 0 Å². The lowest BCUT2D eigenvalue weighted by Gasteiger charge is -2.16. The van der Waals surface area contributed by atoms with Crippen LogP contribution in [-0.4, -0.2) is 33.0 Å². The van der Waals surface area contributed by atoms with Crippen LogP contribution >= 0.6 is 0 Å². The van der Waals surface area contributed by atoms with Crippen LogP contribution in [0.3, 0.4) is 0 Å². The monoisotopic (exact) mass is 250 g/mol. The van der Waals surface area contributed by atoms with E-state index in [1.807, 2.05) is 6.07 Å². The number of methoxy groups -OCH3 is 3. The summed E-state index contributed by atoms with van der Waals surface area (Å²) in [7, 11) is 4.63. The molecule has 0 atom stereocenters. The zero-order valence-electron chi connectivity index (χ0n) is 10.9. The van der Waals surface area contributed by atoms with Gasteiger partial charge in [-0.25, -0.2) is 0 Å². The molecule has 0 saturated heterocycles. The van der Waals surface area contributed by atoms with Crippen molar-refractivity contribution in [3.63, 3.8) is 0 Å². The second-order valence-corrected chi connectivity index (χ2v) is 3.65. The van der Waals surface area contributed by atoms with Crippen LogP contribution in [0.25, 0.3) is 0 Å². The molecule has 0 radical (unpaired) electrons. The van der Waals surface area contributed by atoms with E-state index in [9.17, 15) is 0 Å². The van der Waals surface area contributed by atoms with Crippen molar-refractivity contribution >= 4 is 0 Å². The maximum Gasteiger partial charge on any atom is 0.204 e. The Morgan fingerprint density at radius 1 is 1.17 bits per heavy atom. The third kappa shape index (κ3) is 2.69. The lowest BCUT2D eigenvalue weighted by atomic mass is 10.0. The van der Waals surface area contributed by atoms with E-state index in [2.05, 4.69) is 5.92 Å². The summed E-state index contributed by atoms with van der Waals surface area (Å²) in [6.45, 7) is 0.112. The molecule has 0 bridgehead atoms. The number of aliphatic hydroxyl groups excluding tert-OH is 1. The molecule has 0 unspecified atom stereocenters. The van der Waals surface area contributed by atoms with Gasteiger partial charge in [0.05, 0.1) is 26.9 Å². The van der Waals surface area contributed by atoms with Gasteiger partial charge in [-0.3, -0.25) is 0 Å². The SMILES string of the molecule is C#Cc1c(CCCO)cc(OC)c(OC)c1OC. The van der Waals surface area contributed by atoms with E-state index < -0.39 is 0 Å². The Hall–Kier alpha value is -1.86. The summed E-state index contributed by atoms with van der Waals surface area (Å²) in [5, 5.41) is 8.91. The lowest BCUT2D eigenvalue weighted by Crippen LogP contribution is -2.02. The standard InChI is InChI=1S/C14H18O4/c1-5-11-10(7-6-8-15)9-12(16-2)14(18-4)13(11)17-3/h1,9,15H,6-8H2,2-4H3. The van der Waals surface area contributed by atoms with Crippen LogP contribution in [0.1, 0.15) is 17.5 Å². The highest BCUT2D eigenvalue weighted by Crippen LogP contribution is 2.41. The summed E-state index contributed by atoms with van der Waals surface area (Å²) in [4.78, 5) is 0. The van der Waals surface area contributed by atoms with Crippen molar-refractivity contribution in [2.45, 2.75) is 12.8 Å². The van der Waals surface area contributed by atoms with Gasteiger partial charge in [0, 0.05) is 6.61 Å². The molecule has 0 spiro atoms. The fourth-order valence-corrected chi connectivity index (χ4v) is 1.83. The number of aliphatic hydroxyl groups is 1. The maximum atomic E-state index is 8.91. The molecule has 98 valence electrons. The first kappa shape index (κ1) is 14.2. The minimum Gasteiger partial charge on any atom is -0.493 e. The number of hydrogen-bond acceptors (Lipinski definition) is 4. The molecular weight excluding hydrogens is 232 g/mol. The minimum atomic E-state index is 0.112. The van der Waals surface area contributed by atoms with Crippen molar-refractivity contribution in [3.05, 3.63) is 17.2 Å². The van der Waals surface area contributed by atoms with Crippen molar-refractivity contribution in [2.24, 2.45) is 0 Å². The number of rotatable bonds is 6. The third-order valence-corrected chi connectivity index (χ3v) is 2.66. The molecule has 1 aromatic rings. The van der Waals surface area contributed by atoms with Gasteiger partial charge in [0.15, 0.2) is 11.5 Å². The Balaban J connectivity index is 3.39.